The monoisotopic (exact) mass is 266 g/mol. The average Bonchev–Trinajstić information content (AvgIpc) is 2.56. The first kappa shape index (κ1) is 14.0. The van der Waals surface area contributed by atoms with Crippen LogP contribution in [0.15, 0.2) is 5.38 Å². The summed E-state index contributed by atoms with van der Waals surface area (Å²) in [6, 6.07) is 0.632. The topological polar surface area (TPSA) is 24.9 Å². The van der Waals surface area contributed by atoms with Gasteiger partial charge in [0, 0.05) is 23.7 Å². The van der Waals surface area contributed by atoms with E-state index in [9.17, 15) is 0 Å². The van der Waals surface area contributed by atoms with Crippen molar-refractivity contribution in [2.45, 2.75) is 66.5 Å². The highest BCUT2D eigenvalue weighted by Gasteiger charge is 2.38. The van der Waals surface area contributed by atoms with E-state index in [4.69, 9.17) is 0 Å². The quantitative estimate of drug-likeness (QED) is 0.889. The van der Waals surface area contributed by atoms with Crippen molar-refractivity contribution in [3.05, 3.63) is 16.1 Å². The molecule has 1 aromatic rings. The maximum absolute atomic E-state index is 4.52. The molecule has 0 unspecified atom stereocenters. The second-order valence-corrected chi connectivity index (χ2v) is 8.32. The van der Waals surface area contributed by atoms with Crippen molar-refractivity contribution in [3.8, 4) is 0 Å². The third kappa shape index (κ3) is 3.79. The Morgan fingerprint density at radius 1 is 1.28 bits per heavy atom. The van der Waals surface area contributed by atoms with Crippen LogP contribution in [0.4, 0.5) is 0 Å². The highest BCUT2D eigenvalue weighted by Crippen LogP contribution is 2.45. The maximum atomic E-state index is 4.52. The molecule has 1 saturated carbocycles. The molecular weight excluding hydrogens is 240 g/mol. The van der Waals surface area contributed by atoms with E-state index in [2.05, 4.69) is 50.3 Å². The molecule has 3 heteroatoms. The summed E-state index contributed by atoms with van der Waals surface area (Å²) in [6.07, 6.45) is 3.89. The van der Waals surface area contributed by atoms with Gasteiger partial charge in [0.25, 0.3) is 0 Å². The van der Waals surface area contributed by atoms with Gasteiger partial charge in [-0.3, -0.25) is 0 Å². The van der Waals surface area contributed by atoms with Gasteiger partial charge in [-0.1, -0.05) is 27.7 Å². The number of aromatic nitrogens is 1. The van der Waals surface area contributed by atoms with Crippen LogP contribution in [0.1, 0.15) is 57.7 Å². The number of rotatable bonds is 3. The van der Waals surface area contributed by atoms with E-state index in [1.807, 2.05) is 0 Å². The fourth-order valence-corrected chi connectivity index (χ4v) is 4.43. The lowest BCUT2D eigenvalue weighted by molar-refractivity contribution is 0.0845. The predicted octanol–water partition coefficient (Wildman–Crippen LogP) is 4.15. The zero-order chi connectivity index (χ0) is 13.4. The van der Waals surface area contributed by atoms with E-state index in [-0.39, 0.29) is 0 Å². The van der Waals surface area contributed by atoms with E-state index < -0.39 is 0 Å². The largest absolute Gasteiger partial charge is 0.308 e. The van der Waals surface area contributed by atoms with Crippen molar-refractivity contribution in [3.63, 3.8) is 0 Å². The first-order valence-corrected chi connectivity index (χ1v) is 7.78. The molecule has 1 fully saturated rings. The van der Waals surface area contributed by atoms with Gasteiger partial charge in [0.05, 0.1) is 0 Å². The van der Waals surface area contributed by atoms with Crippen molar-refractivity contribution < 1.29 is 0 Å². The number of hydrogen-bond donors (Lipinski definition) is 1. The molecule has 1 aromatic heterocycles. The number of hydrogen-bond acceptors (Lipinski definition) is 3. The lowest BCUT2D eigenvalue weighted by Gasteiger charge is -2.45. The summed E-state index contributed by atoms with van der Waals surface area (Å²) >= 11 is 1.76. The molecule has 0 atom stereocenters. The van der Waals surface area contributed by atoms with Gasteiger partial charge >= 0.3 is 0 Å². The van der Waals surface area contributed by atoms with Gasteiger partial charge in [-0.05, 0) is 37.0 Å². The number of nitrogens with zero attached hydrogens (tertiary/aromatic N) is 1. The predicted molar refractivity (Wildman–Crippen MR) is 78.9 cm³/mol. The first-order valence-electron chi connectivity index (χ1n) is 6.90. The van der Waals surface area contributed by atoms with Crippen LogP contribution in [0.5, 0.6) is 0 Å². The summed E-state index contributed by atoms with van der Waals surface area (Å²) in [4.78, 5) is 4.52. The van der Waals surface area contributed by atoms with Gasteiger partial charge in [0.1, 0.15) is 5.01 Å². The molecule has 2 nitrogen and oxygen atoms in total. The minimum absolute atomic E-state index is 0.457. The molecule has 102 valence electrons. The van der Waals surface area contributed by atoms with E-state index in [0.29, 0.717) is 16.9 Å². The lowest BCUT2D eigenvalue weighted by Crippen LogP contribution is -2.43. The summed E-state index contributed by atoms with van der Waals surface area (Å²) in [6.45, 7) is 12.6. The highest BCUT2D eigenvalue weighted by molar-refractivity contribution is 7.09. The molecule has 0 bridgehead atoms. The Hall–Kier alpha value is -0.410. The summed E-state index contributed by atoms with van der Waals surface area (Å²) in [7, 11) is 0. The second-order valence-electron chi connectivity index (χ2n) is 7.37. The molecule has 2 rings (SSSR count). The summed E-state index contributed by atoms with van der Waals surface area (Å²) in [5.41, 5.74) is 2.05. The van der Waals surface area contributed by atoms with Crippen LogP contribution >= 0.6 is 11.3 Å². The average molecular weight is 266 g/mol. The molecule has 1 N–H and O–H groups in total. The van der Waals surface area contributed by atoms with E-state index in [1.165, 1.54) is 24.3 Å². The first-order chi connectivity index (χ1) is 8.26. The van der Waals surface area contributed by atoms with Gasteiger partial charge in [-0.2, -0.15) is 0 Å². The Kier molecular flexibility index (Phi) is 3.84. The fraction of sp³-hybridized carbons (Fsp3) is 0.800. The Balaban J connectivity index is 1.93. The summed E-state index contributed by atoms with van der Waals surface area (Å²) < 4.78 is 0. The second kappa shape index (κ2) is 4.93. The van der Waals surface area contributed by atoms with Crippen LogP contribution in [0.25, 0.3) is 0 Å². The number of nitrogens with one attached hydrogen (secondary N) is 1. The Bertz CT molecular complexity index is 390. The molecule has 1 heterocycles. The molecule has 0 amide bonds. The third-order valence-electron chi connectivity index (χ3n) is 3.76. The van der Waals surface area contributed by atoms with E-state index in [0.717, 1.165) is 12.2 Å². The Labute approximate surface area is 115 Å². The molecule has 1 aliphatic carbocycles. The zero-order valence-electron chi connectivity index (χ0n) is 12.3. The van der Waals surface area contributed by atoms with Gasteiger partial charge in [-0.15, -0.1) is 11.3 Å². The minimum Gasteiger partial charge on any atom is -0.308 e. The van der Waals surface area contributed by atoms with Gasteiger partial charge in [0.2, 0.25) is 0 Å². The normalized spacial score (nSPS) is 23.2. The van der Waals surface area contributed by atoms with Crippen molar-refractivity contribution in [2.75, 3.05) is 0 Å². The molecule has 0 radical (unpaired) electrons. The van der Waals surface area contributed by atoms with Crippen LogP contribution in [0.3, 0.4) is 0 Å². The van der Waals surface area contributed by atoms with Gasteiger partial charge < -0.3 is 5.32 Å². The molecule has 0 aromatic carbocycles. The fourth-order valence-electron chi connectivity index (χ4n) is 3.71. The summed E-state index contributed by atoms with van der Waals surface area (Å²) in [5.74, 6) is 0. The van der Waals surface area contributed by atoms with Crippen molar-refractivity contribution >= 4 is 11.3 Å². The Morgan fingerprint density at radius 2 is 1.89 bits per heavy atom. The molecule has 18 heavy (non-hydrogen) atoms. The standard InChI is InChI=1S/C15H26N2S/c1-11-9-18-13(17-11)8-16-12-6-14(2,3)10-15(4,5)7-12/h9,12,16H,6-8,10H2,1-5H3. The van der Waals surface area contributed by atoms with Gasteiger partial charge in [-0.25, -0.2) is 4.98 Å². The number of aryl methyl sites for hydroxylation is 1. The zero-order valence-corrected chi connectivity index (χ0v) is 13.2. The molecule has 1 aliphatic rings. The lowest BCUT2D eigenvalue weighted by atomic mass is 9.63. The van der Waals surface area contributed by atoms with Crippen LogP contribution in [0.2, 0.25) is 0 Å². The van der Waals surface area contributed by atoms with Crippen LogP contribution in [0, 0.1) is 17.8 Å². The third-order valence-corrected chi connectivity index (χ3v) is 4.73. The summed E-state index contributed by atoms with van der Waals surface area (Å²) in [5, 5.41) is 7.06. The maximum Gasteiger partial charge on any atom is 0.107 e. The van der Waals surface area contributed by atoms with Crippen LogP contribution in [-0.2, 0) is 6.54 Å². The SMILES string of the molecule is Cc1csc(CNC2CC(C)(C)CC(C)(C)C2)n1. The van der Waals surface area contributed by atoms with Crippen molar-refractivity contribution in [1.29, 1.82) is 0 Å². The van der Waals surface area contributed by atoms with Crippen LogP contribution in [-0.4, -0.2) is 11.0 Å². The van der Waals surface area contributed by atoms with E-state index in [1.54, 1.807) is 11.3 Å². The van der Waals surface area contributed by atoms with E-state index >= 15 is 0 Å². The smallest absolute Gasteiger partial charge is 0.107 e. The minimum atomic E-state index is 0.457. The van der Waals surface area contributed by atoms with Crippen LogP contribution < -0.4 is 5.32 Å². The molecular formula is C15H26N2S. The van der Waals surface area contributed by atoms with Crippen molar-refractivity contribution in [1.82, 2.24) is 10.3 Å². The highest BCUT2D eigenvalue weighted by atomic mass is 32.1. The Morgan fingerprint density at radius 3 is 2.39 bits per heavy atom. The molecule has 0 aliphatic heterocycles. The van der Waals surface area contributed by atoms with Crippen molar-refractivity contribution in [2.24, 2.45) is 10.8 Å². The molecule has 0 spiro atoms. The van der Waals surface area contributed by atoms with Gasteiger partial charge in [0.15, 0.2) is 0 Å². The molecule has 0 saturated heterocycles. The number of thiazole rings is 1.